The van der Waals surface area contributed by atoms with Crippen LogP contribution in [0.2, 0.25) is 0 Å². The van der Waals surface area contributed by atoms with Crippen molar-refractivity contribution in [2.75, 3.05) is 6.61 Å². The van der Waals surface area contributed by atoms with E-state index in [1.54, 1.807) is 29.5 Å². The van der Waals surface area contributed by atoms with Gasteiger partial charge < -0.3 is 4.74 Å². The standard InChI is InChI=1S/C10H9F3INO2/c1-2-17-7(16)4-5-3-6(11)15-9(8(5)14)10(12)13/h3,10H,2,4H2,1H3. The van der Waals surface area contributed by atoms with E-state index in [4.69, 9.17) is 0 Å². The van der Waals surface area contributed by atoms with Crippen LogP contribution in [0, 0.1) is 9.52 Å². The summed E-state index contributed by atoms with van der Waals surface area (Å²) < 4.78 is 42.8. The van der Waals surface area contributed by atoms with Crippen molar-refractivity contribution in [2.24, 2.45) is 0 Å². The van der Waals surface area contributed by atoms with Crippen LogP contribution in [0.4, 0.5) is 13.2 Å². The minimum atomic E-state index is -2.88. The van der Waals surface area contributed by atoms with Crippen LogP contribution in [0.3, 0.4) is 0 Å². The Morgan fingerprint density at radius 2 is 2.24 bits per heavy atom. The molecule has 0 amide bonds. The lowest BCUT2D eigenvalue weighted by Crippen LogP contribution is -2.11. The number of aromatic nitrogens is 1. The fraction of sp³-hybridized carbons (Fsp3) is 0.400. The SMILES string of the molecule is CCOC(=O)Cc1cc(F)nc(C(F)F)c1I. The number of alkyl halides is 2. The number of carbonyl (C=O) groups is 1. The van der Waals surface area contributed by atoms with Gasteiger partial charge >= 0.3 is 5.97 Å². The maximum absolute atomic E-state index is 13.0. The van der Waals surface area contributed by atoms with Crippen LogP contribution >= 0.6 is 22.6 Å². The van der Waals surface area contributed by atoms with Crippen LogP contribution in [-0.2, 0) is 16.0 Å². The molecule has 0 aliphatic rings. The summed E-state index contributed by atoms with van der Waals surface area (Å²) in [4.78, 5) is 14.3. The third-order valence-electron chi connectivity index (χ3n) is 1.87. The number of pyridine rings is 1. The zero-order valence-corrected chi connectivity index (χ0v) is 11.0. The highest BCUT2D eigenvalue weighted by Crippen LogP contribution is 2.26. The molecular weight excluding hydrogens is 350 g/mol. The van der Waals surface area contributed by atoms with Crippen molar-refractivity contribution in [1.82, 2.24) is 4.98 Å². The number of rotatable bonds is 4. The van der Waals surface area contributed by atoms with Crippen LogP contribution < -0.4 is 0 Å². The molecule has 0 N–H and O–H groups in total. The Balaban J connectivity index is 3.03. The number of ether oxygens (including phenoxy) is 1. The van der Waals surface area contributed by atoms with Crippen LogP contribution in [0.25, 0.3) is 0 Å². The molecule has 1 heterocycles. The molecule has 0 unspecified atom stereocenters. The molecule has 0 saturated heterocycles. The number of halogens is 4. The van der Waals surface area contributed by atoms with E-state index in [2.05, 4.69) is 9.72 Å². The van der Waals surface area contributed by atoms with Crippen molar-refractivity contribution in [3.05, 3.63) is 26.8 Å². The highest BCUT2D eigenvalue weighted by molar-refractivity contribution is 14.1. The monoisotopic (exact) mass is 359 g/mol. The van der Waals surface area contributed by atoms with E-state index >= 15 is 0 Å². The Hall–Kier alpha value is -0.860. The molecule has 0 saturated carbocycles. The van der Waals surface area contributed by atoms with Crippen molar-refractivity contribution in [3.8, 4) is 0 Å². The van der Waals surface area contributed by atoms with Crippen LogP contribution in [0.15, 0.2) is 6.07 Å². The van der Waals surface area contributed by atoms with Gasteiger partial charge in [0.15, 0.2) is 0 Å². The number of hydrogen-bond acceptors (Lipinski definition) is 3. The van der Waals surface area contributed by atoms with Gasteiger partial charge in [-0.05, 0) is 41.1 Å². The predicted octanol–water partition coefficient (Wildman–Crippen LogP) is 2.87. The van der Waals surface area contributed by atoms with Crippen molar-refractivity contribution in [3.63, 3.8) is 0 Å². The first-order chi connectivity index (χ1) is 7.95. The van der Waals surface area contributed by atoms with Crippen molar-refractivity contribution in [1.29, 1.82) is 0 Å². The van der Waals surface area contributed by atoms with Crippen molar-refractivity contribution < 1.29 is 22.7 Å². The van der Waals surface area contributed by atoms with Crippen LogP contribution in [0.5, 0.6) is 0 Å². The summed E-state index contributed by atoms with van der Waals surface area (Å²) in [6, 6.07) is 0.963. The Kier molecular flexibility index (Phi) is 5.16. The maximum Gasteiger partial charge on any atom is 0.310 e. The smallest absolute Gasteiger partial charge is 0.310 e. The summed E-state index contributed by atoms with van der Waals surface area (Å²) in [5.74, 6) is -1.61. The molecule has 7 heteroatoms. The second-order valence-corrected chi connectivity index (χ2v) is 4.16. The predicted molar refractivity (Wildman–Crippen MR) is 62.2 cm³/mol. The lowest BCUT2D eigenvalue weighted by atomic mass is 10.1. The quantitative estimate of drug-likeness (QED) is 0.472. The Bertz CT molecular complexity index is 426. The van der Waals surface area contributed by atoms with E-state index in [1.807, 2.05) is 0 Å². The Morgan fingerprint density at radius 1 is 1.59 bits per heavy atom. The average Bonchev–Trinajstić information content (AvgIpc) is 2.22. The van der Waals surface area contributed by atoms with E-state index in [1.165, 1.54) is 0 Å². The van der Waals surface area contributed by atoms with Gasteiger partial charge in [-0.1, -0.05) is 0 Å². The van der Waals surface area contributed by atoms with Crippen LogP contribution in [0.1, 0.15) is 24.6 Å². The fourth-order valence-electron chi connectivity index (χ4n) is 1.21. The molecule has 3 nitrogen and oxygen atoms in total. The first-order valence-electron chi connectivity index (χ1n) is 4.74. The first kappa shape index (κ1) is 14.2. The fourth-order valence-corrected chi connectivity index (χ4v) is 1.91. The summed E-state index contributed by atoms with van der Waals surface area (Å²) in [5.41, 5.74) is -0.489. The molecule has 0 aliphatic carbocycles. The molecule has 1 aromatic heterocycles. The highest BCUT2D eigenvalue weighted by Gasteiger charge is 2.20. The topological polar surface area (TPSA) is 39.2 Å². The van der Waals surface area contributed by atoms with Gasteiger partial charge in [-0.25, -0.2) is 13.8 Å². The Labute approximate surface area is 110 Å². The maximum atomic E-state index is 13.0. The first-order valence-corrected chi connectivity index (χ1v) is 5.82. The van der Waals surface area contributed by atoms with E-state index in [9.17, 15) is 18.0 Å². The normalized spacial score (nSPS) is 10.7. The van der Waals surface area contributed by atoms with Crippen LogP contribution in [-0.4, -0.2) is 17.6 Å². The third kappa shape index (κ3) is 3.83. The lowest BCUT2D eigenvalue weighted by Gasteiger charge is -2.08. The van der Waals surface area contributed by atoms with Gasteiger partial charge in [-0.2, -0.15) is 4.39 Å². The molecule has 0 aliphatic heterocycles. The molecule has 0 spiro atoms. The van der Waals surface area contributed by atoms with Gasteiger partial charge in [0.05, 0.1) is 13.0 Å². The molecule has 17 heavy (non-hydrogen) atoms. The van der Waals surface area contributed by atoms with Gasteiger partial charge in [0.2, 0.25) is 5.95 Å². The highest BCUT2D eigenvalue weighted by atomic mass is 127. The average molecular weight is 359 g/mol. The van der Waals surface area contributed by atoms with Gasteiger partial charge in [-0.15, -0.1) is 0 Å². The summed E-state index contributed by atoms with van der Waals surface area (Å²) in [5, 5.41) is 0. The lowest BCUT2D eigenvalue weighted by molar-refractivity contribution is -0.142. The molecule has 94 valence electrons. The number of nitrogens with zero attached hydrogens (tertiary/aromatic N) is 1. The molecule has 0 bridgehead atoms. The minimum absolute atomic E-state index is 0.0899. The van der Waals surface area contributed by atoms with E-state index in [-0.39, 0.29) is 22.2 Å². The zero-order valence-electron chi connectivity index (χ0n) is 8.84. The minimum Gasteiger partial charge on any atom is -0.466 e. The molecule has 0 aromatic carbocycles. The molecule has 0 radical (unpaired) electrons. The van der Waals surface area contributed by atoms with E-state index in [0.29, 0.717) is 0 Å². The zero-order chi connectivity index (χ0) is 13.0. The van der Waals surface area contributed by atoms with Gasteiger partial charge in [0.1, 0.15) is 5.69 Å². The second kappa shape index (κ2) is 6.18. The summed E-state index contributed by atoms with van der Waals surface area (Å²) in [6.45, 7) is 1.81. The van der Waals surface area contributed by atoms with Gasteiger partial charge in [-0.3, -0.25) is 4.79 Å². The number of esters is 1. The van der Waals surface area contributed by atoms with E-state index < -0.39 is 24.0 Å². The third-order valence-corrected chi connectivity index (χ3v) is 3.12. The summed E-state index contributed by atoms with van der Waals surface area (Å²) >= 11 is 1.62. The Morgan fingerprint density at radius 3 is 2.76 bits per heavy atom. The van der Waals surface area contributed by atoms with Gasteiger partial charge in [0, 0.05) is 3.57 Å². The van der Waals surface area contributed by atoms with Crippen molar-refractivity contribution >= 4 is 28.6 Å². The molecule has 1 aromatic rings. The van der Waals surface area contributed by atoms with Gasteiger partial charge in [0.25, 0.3) is 6.43 Å². The van der Waals surface area contributed by atoms with E-state index in [0.717, 1.165) is 6.07 Å². The molecule has 1 rings (SSSR count). The molecule has 0 atom stereocenters. The molecular formula is C10H9F3INO2. The second-order valence-electron chi connectivity index (χ2n) is 3.09. The summed E-state index contributed by atoms with van der Waals surface area (Å²) in [7, 11) is 0. The number of hydrogen-bond donors (Lipinski definition) is 0. The molecule has 0 fully saturated rings. The largest absolute Gasteiger partial charge is 0.466 e. The van der Waals surface area contributed by atoms with Crippen molar-refractivity contribution in [2.45, 2.75) is 19.8 Å². The number of carbonyl (C=O) groups excluding carboxylic acids is 1. The summed E-state index contributed by atoms with van der Waals surface area (Å²) in [6.07, 6.45) is -3.12.